The zero-order chi connectivity index (χ0) is 56.2. The molecule has 16 nitrogen and oxygen atoms in total. The highest BCUT2D eigenvalue weighted by Gasteiger charge is 2.76. The van der Waals surface area contributed by atoms with Crippen molar-refractivity contribution in [3.05, 3.63) is 190 Å². The maximum absolute atomic E-state index is 17.2. The van der Waals surface area contributed by atoms with Crippen LogP contribution in [0.1, 0.15) is 76.5 Å². The summed E-state index contributed by atoms with van der Waals surface area (Å²) in [6, 6.07) is 39.0. The van der Waals surface area contributed by atoms with E-state index in [0.717, 1.165) is 21.6 Å². The van der Waals surface area contributed by atoms with Crippen LogP contribution in [0, 0.1) is 23.7 Å². The highest BCUT2D eigenvalue weighted by atomic mass is 16.6. The molecule has 80 heavy (non-hydrogen) atoms. The molecule has 412 valence electrons. The van der Waals surface area contributed by atoms with E-state index in [2.05, 4.69) is 22.1 Å². The minimum Gasteiger partial charge on any atom is -0.493 e. The molecule has 0 saturated carbocycles. The summed E-state index contributed by atoms with van der Waals surface area (Å²) in [6.45, 7) is 4.26. The molecule has 0 radical (unpaired) electrons. The van der Waals surface area contributed by atoms with Crippen LogP contribution in [-0.2, 0) is 53.6 Å². The van der Waals surface area contributed by atoms with Crippen molar-refractivity contribution in [1.29, 1.82) is 0 Å². The molecule has 4 amide bonds. The number of aliphatic hydroxyl groups excluding tert-OH is 1. The fourth-order valence-corrected chi connectivity index (χ4v) is 12.2. The van der Waals surface area contributed by atoms with E-state index in [9.17, 15) is 9.90 Å². The minimum atomic E-state index is -2.18. The molecule has 4 aliphatic rings. The Morgan fingerprint density at radius 3 is 2.11 bits per heavy atom. The Hall–Kier alpha value is -8.49. The van der Waals surface area contributed by atoms with Gasteiger partial charge in [0.1, 0.15) is 36.0 Å². The Kier molecular flexibility index (Phi) is 16.1. The van der Waals surface area contributed by atoms with Gasteiger partial charge in [0.25, 0.3) is 0 Å². The number of carbonyl (C=O) groups is 5. The lowest BCUT2D eigenvalue weighted by Gasteiger charge is -2.46. The summed E-state index contributed by atoms with van der Waals surface area (Å²) in [5.74, 6) is 2.96. The molecule has 0 aliphatic carbocycles. The monoisotopic (exact) mass is 1080 g/mol. The summed E-state index contributed by atoms with van der Waals surface area (Å²) in [4.78, 5) is 85.4. The second-order valence-electron chi connectivity index (χ2n) is 20.9. The lowest BCUT2D eigenvalue weighted by molar-refractivity contribution is -0.179. The average Bonchev–Trinajstić information content (AvgIpc) is 4.00. The molecule has 6 aromatic carbocycles. The van der Waals surface area contributed by atoms with Crippen molar-refractivity contribution in [2.24, 2.45) is 11.8 Å². The molecule has 7 unspecified atom stereocenters. The first kappa shape index (κ1) is 54.8. The summed E-state index contributed by atoms with van der Waals surface area (Å²) in [6.07, 6.45) is -0.594. The molecule has 2 saturated heterocycles. The first-order valence-electron chi connectivity index (χ1n) is 26.9. The zero-order valence-electron chi connectivity index (χ0n) is 45.7. The van der Waals surface area contributed by atoms with Gasteiger partial charge in [0, 0.05) is 30.8 Å². The van der Waals surface area contributed by atoms with Crippen LogP contribution < -0.4 is 24.4 Å². The number of benzene rings is 6. The average molecular weight is 1080 g/mol. The molecule has 0 bridgehead atoms. The second kappa shape index (κ2) is 23.5. The Morgan fingerprint density at radius 2 is 1.45 bits per heavy atom. The molecular weight excluding hydrogens is 1010 g/mol. The lowest BCUT2D eigenvalue weighted by atomic mass is 9.64. The van der Waals surface area contributed by atoms with E-state index in [1.54, 1.807) is 68.3 Å². The number of hydrogen-bond donors (Lipinski definition) is 2. The number of imide groups is 1. The Labute approximate surface area is 466 Å². The third kappa shape index (κ3) is 10.0. The van der Waals surface area contributed by atoms with Gasteiger partial charge in [0.05, 0.1) is 58.2 Å². The Bertz CT molecular complexity index is 3350. The van der Waals surface area contributed by atoms with E-state index >= 15 is 19.2 Å². The van der Waals surface area contributed by atoms with Crippen LogP contribution in [0.3, 0.4) is 0 Å². The fourth-order valence-electron chi connectivity index (χ4n) is 12.2. The number of urea groups is 1. The summed E-state index contributed by atoms with van der Waals surface area (Å²) >= 11 is 0. The van der Waals surface area contributed by atoms with Crippen LogP contribution in [0.5, 0.6) is 17.2 Å². The SMILES string of the molecule is COC(=O)C(NC(=O)N1C(=O)C2(c3cc(C#CCN(C)Cc4ccccc4)ccc31)C(C(=O)N1CCc3cc(OC)c(OC)cc3C1)C1C(=O)OC(c3ccccc3)C(c3ccccc3)N1C2c1ccccc1OCCO)C(C)C. The second-order valence-corrected chi connectivity index (χ2v) is 20.9. The summed E-state index contributed by atoms with van der Waals surface area (Å²) < 4.78 is 29.7. The van der Waals surface area contributed by atoms with Crippen molar-refractivity contribution in [2.45, 2.75) is 69.0 Å². The Morgan fingerprint density at radius 1 is 0.800 bits per heavy atom. The predicted octanol–water partition coefficient (Wildman–Crippen LogP) is 7.72. The molecule has 4 heterocycles. The van der Waals surface area contributed by atoms with Gasteiger partial charge in [-0.15, -0.1) is 0 Å². The largest absolute Gasteiger partial charge is 0.493 e. The first-order chi connectivity index (χ1) is 38.8. The molecule has 0 aromatic heterocycles. The minimum absolute atomic E-state index is 0.0704. The van der Waals surface area contributed by atoms with E-state index in [1.165, 1.54) is 14.2 Å². The molecule has 1 spiro atoms. The number of nitrogens with zero attached hydrogens (tertiary/aromatic N) is 4. The molecule has 2 fully saturated rings. The van der Waals surface area contributed by atoms with E-state index in [0.29, 0.717) is 53.3 Å². The van der Waals surface area contributed by atoms with Gasteiger partial charge in [0.15, 0.2) is 11.5 Å². The van der Waals surface area contributed by atoms with Gasteiger partial charge in [0.2, 0.25) is 11.8 Å². The van der Waals surface area contributed by atoms with Crippen molar-refractivity contribution < 1.29 is 52.8 Å². The number of nitrogens with one attached hydrogen (secondary N) is 1. The topological polar surface area (TPSA) is 177 Å². The van der Waals surface area contributed by atoms with Gasteiger partial charge in [-0.05, 0) is 89.2 Å². The number of para-hydroxylation sites is 1. The van der Waals surface area contributed by atoms with Gasteiger partial charge in [-0.3, -0.25) is 24.2 Å². The van der Waals surface area contributed by atoms with E-state index in [1.807, 2.05) is 115 Å². The number of amides is 4. The summed E-state index contributed by atoms with van der Waals surface area (Å²) in [5, 5.41) is 13.1. The first-order valence-corrected chi connectivity index (χ1v) is 26.9. The van der Waals surface area contributed by atoms with Crippen LogP contribution >= 0.6 is 0 Å². The number of hydrogen-bond acceptors (Lipinski definition) is 13. The fraction of sp³-hybridized carbons (Fsp3) is 0.328. The van der Waals surface area contributed by atoms with Crippen molar-refractivity contribution in [3.63, 3.8) is 0 Å². The highest BCUT2D eigenvalue weighted by Crippen LogP contribution is 2.67. The number of ether oxygens (including phenoxy) is 5. The van der Waals surface area contributed by atoms with Crippen LogP contribution in [0.2, 0.25) is 0 Å². The number of rotatable bonds is 15. The number of fused-ring (bicyclic) bond motifs is 4. The molecule has 7 atom stereocenters. The standard InChI is InChI=1S/C64H65N5O11/c1-40(2)54(60(72)78-6)65-63(75)68-49-29-28-41(21-18-31-66(3)38-42-19-10-7-11-20-42)35-48(49)64(62(68)74)53(59(71)67-32-30-45-36-51(76-4)52(77-5)37-46(45)39-67)56-61(73)80-57(44-24-14-9-15-25-44)55(43-22-12-8-13-23-43)69(56)58(64)47-26-16-17-27-50(47)79-34-33-70/h7-17,19-20,22-29,35-37,40,53-58,70H,30-34,38-39H2,1-6H3,(H,65,75). The molecule has 16 heteroatoms. The maximum atomic E-state index is 17.2. The Balaban J connectivity index is 1.26. The number of anilines is 1. The van der Waals surface area contributed by atoms with Crippen LogP contribution in [0.4, 0.5) is 10.5 Å². The van der Waals surface area contributed by atoms with Gasteiger partial charge in [-0.2, -0.15) is 0 Å². The molecule has 2 N–H and O–H groups in total. The van der Waals surface area contributed by atoms with Crippen molar-refractivity contribution >= 4 is 35.5 Å². The summed E-state index contributed by atoms with van der Waals surface area (Å²) in [7, 11) is 6.29. The smallest absolute Gasteiger partial charge is 0.329 e. The molecule has 10 rings (SSSR count). The van der Waals surface area contributed by atoms with E-state index < -0.39 is 77.3 Å². The van der Waals surface area contributed by atoms with Crippen molar-refractivity contribution in [3.8, 4) is 29.1 Å². The van der Waals surface area contributed by atoms with Gasteiger partial charge < -0.3 is 39.0 Å². The van der Waals surface area contributed by atoms with Crippen LogP contribution in [-0.4, -0.2) is 116 Å². The zero-order valence-corrected chi connectivity index (χ0v) is 45.7. The number of cyclic esters (lactones) is 1. The molecule has 6 aromatic rings. The van der Waals surface area contributed by atoms with Gasteiger partial charge in [-0.25, -0.2) is 14.5 Å². The number of carbonyl (C=O) groups excluding carboxylic acids is 5. The quantitative estimate of drug-likeness (QED) is 0.0756. The third-order valence-corrected chi connectivity index (χ3v) is 15.8. The summed E-state index contributed by atoms with van der Waals surface area (Å²) in [5.41, 5.74) is 3.26. The predicted molar refractivity (Wildman–Crippen MR) is 298 cm³/mol. The molecule has 4 aliphatic heterocycles. The normalized spacial score (nSPS) is 21.4. The van der Waals surface area contributed by atoms with Gasteiger partial charge in [-0.1, -0.05) is 135 Å². The number of esters is 2. The van der Waals surface area contributed by atoms with Crippen LogP contribution in [0.15, 0.2) is 146 Å². The number of morpholine rings is 1. The van der Waals surface area contributed by atoms with Crippen LogP contribution in [0.25, 0.3) is 0 Å². The molecular formula is C64H65N5O11. The van der Waals surface area contributed by atoms with Crippen molar-refractivity contribution in [2.75, 3.05) is 59.6 Å². The third-order valence-electron chi connectivity index (χ3n) is 15.8. The van der Waals surface area contributed by atoms with E-state index in [4.69, 9.17) is 23.7 Å². The van der Waals surface area contributed by atoms with Crippen molar-refractivity contribution in [1.82, 2.24) is 20.0 Å². The van der Waals surface area contributed by atoms with E-state index in [-0.39, 0.29) is 43.3 Å². The number of aliphatic hydroxyl groups is 1. The number of methoxy groups -OCH3 is 3. The van der Waals surface area contributed by atoms with Gasteiger partial charge >= 0.3 is 18.0 Å². The highest BCUT2D eigenvalue weighted by molar-refractivity contribution is 6.25. The lowest BCUT2D eigenvalue weighted by Crippen LogP contribution is -2.58. The maximum Gasteiger partial charge on any atom is 0.329 e.